The Bertz CT molecular complexity index is 482. The molecular weight excluding hydrogens is 288 g/mol. The van der Waals surface area contributed by atoms with Gasteiger partial charge >= 0.3 is 0 Å². The number of nitrogens with one attached hydrogen (secondary N) is 1. The van der Waals surface area contributed by atoms with E-state index < -0.39 is 6.04 Å². The minimum Gasteiger partial charge on any atom is -0.341 e. The van der Waals surface area contributed by atoms with Gasteiger partial charge in [-0.2, -0.15) is 0 Å². The Hall–Kier alpha value is -1.55. The zero-order valence-corrected chi connectivity index (χ0v) is 13.8. The molecule has 0 saturated heterocycles. The van der Waals surface area contributed by atoms with Crippen LogP contribution in [0.4, 0.5) is 0 Å². The molecule has 0 aliphatic heterocycles. The van der Waals surface area contributed by atoms with Gasteiger partial charge in [0.05, 0.1) is 0 Å². The summed E-state index contributed by atoms with van der Waals surface area (Å²) in [5.74, 6) is -0.280. The molecule has 1 rings (SSSR count). The lowest BCUT2D eigenvalue weighted by Gasteiger charge is -2.28. The lowest BCUT2D eigenvalue weighted by Crippen LogP contribution is -2.51. The summed E-state index contributed by atoms with van der Waals surface area (Å²) in [6.07, 6.45) is 0. The Morgan fingerprint density at radius 3 is 2.10 bits per heavy atom. The second-order valence-electron chi connectivity index (χ2n) is 5.21. The van der Waals surface area contributed by atoms with E-state index in [0.717, 1.165) is 0 Å². The van der Waals surface area contributed by atoms with E-state index in [0.29, 0.717) is 23.7 Å². The molecule has 21 heavy (non-hydrogen) atoms. The zero-order valence-electron chi connectivity index (χ0n) is 13.0. The van der Waals surface area contributed by atoms with E-state index in [1.54, 1.807) is 29.2 Å². The maximum Gasteiger partial charge on any atom is 0.251 e. The highest BCUT2D eigenvalue weighted by atomic mass is 35.5. The van der Waals surface area contributed by atoms with E-state index in [4.69, 9.17) is 11.6 Å². The molecule has 4 nitrogen and oxygen atoms in total. The minimum atomic E-state index is -0.520. The number of benzene rings is 1. The van der Waals surface area contributed by atoms with Gasteiger partial charge in [0.2, 0.25) is 5.91 Å². The largest absolute Gasteiger partial charge is 0.341 e. The van der Waals surface area contributed by atoms with Crippen molar-refractivity contribution in [3.05, 3.63) is 34.9 Å². The Labute approximate surface area is 131 Å². The SMILES string of the molecule is CCN(CC)C(=O)C(NC(=O)c1ccc(Cl)cc1)C(C)C. The van der Waals surface area contributed by atoms with Crippen LogP contribution in [0.1, 0.15) is 38.1 Å². The quantitative estimate of drug-likeness (QED) is 0.878. The van der Waals surface area contributed by atoms with Crippen molar-refractivity contribution in [3.63, 3.8) is 0 Å². The molecule has 0 spiro atoms. The Balaban J connectivity index is 2.85. The molecule has 1 unspecified atom stereocenters. The Morgan fingerprint density at radius 1 is 1.14 bits per heavy atom. The first-order valence-corrected chi connectivity index (χ1v) is 7.63. The summed E-state index contributed by atoms with van der Waals surface area (Å²) in [5.41, 5.74) is 0.498. The molecule has 1 aromatic rings. The molecule has 0 bridgehead atoms. The number of likely N-dealkylation sites (N-methyl/N-ethyl adjacent to an activating group) is 1. The summed E-state index contributed by atoms with van der Waals surface area (Å²) in [7, 11) is 0. The molecule has 0 aliphatic carbocycles. The van der Waals surface area contributed by atoms with Gasteiger partial charge in [0, 0.05) is 23.7 Å². The van der Waals surface area contributed by atoms with Crippen molar-refractivity contribution in [2.45, 2.75) is 33.7 Å². The van der Waals surface area contributed by atoms with E-state index in [1.807, 2.05) is 27.7 Å². The van der Waals surface area contributed by atoms with Crippen molar-refractivity contribution < 1.29 is 9.59 Å². The number of rotatable bonds is 6. The van der Waals surface area contributed by atoms with Crippen LogP contribution in [0.15, 0.2) is 24.3 Å². The summed E-state index contributed by atoms with van der Waals surface area (Å²) in [5, 5.41) is 3.40. The fourth-order valence-electron chi connectivity index (χ4n) is 2.07. The number of amides is 2. The van der Waals surface area contributed by atoms with Gasteiger partial charge in [-0.15, -0.1) is 0 Å². The number of nitrogens with zero attached hydrogens (tertiary/aromatic N) is 1. The summed E-state index contributed by atoms with van der Waals surface area (Å²) in [6.45, 7) is 8.98. The fourth-order valence-corrected chi connectivity index (χ4v) is 2.20. The summed E-state index contributed by atoms with van der Waals surface area (Å²) < 4.78 is 0. The predicted molar refractivity (Wildman–Crippen MR) is 85.5 cm³/mol. The molecule has 0 fully saturated rings. The average molecular weight is 311 g/mol. The number of hydrogen-bond donors (Lipinski definition) is 1. The first-order valence-electron chi connectivity index (χ1n) is 7.25. The van der Waals surface area contributed by atoms with Crippen molar-refractivity contribution in [1.82, 2.24) is 10.2 Å². The maximum atomic E-state index is 12.5. The Morgan fingerprint density at radius 2 is 1.67 bits per heavy atom. The zero-order chi connectivity index (χ0) is 16.0. The first kappa shape index (κ1) is 17.5. The summed E-state index contributed by atoms with van der Waals surface area (Å²) >= 11 is 5.81. The molecule has 5 heteroatoms. The van der Waals surface area contributed by atoms with Crippen molar-refractivity contribution in [2.75, 3.05) is 13.1 Å². The van der Waals surface area contributed by atoms with Crippen molar-refractivity contribution in [3.8, 4) is 0 Å². The van der Waals surface area contributed by atoms with Crippen LogP contribution in [0.25, 0.3) is 0 Å². The molecule has 116 valence electrons. The van der Waals surface area contributed by atoms with Gasteiger partial charge < -0.3 is 10.2 Å². The van der Waals surface area contributed by atoms with Crippen LogP contribution < -0.4 is 5.32 Å². The number of halogens is 1. The molecule has 2 amide bonds. The van der Waals surface area contributed by atoms with Crippen LogP contribution in [0, 0.1) is 5.92 Å². The summed E-state index contributed by atoms with van der Waals surface area (Å²) in [6, 6.07) is 6.10. The lowest BCUT2D eigenvalue weighted by molar-refractivity contribution is -0.133. The molecule has 0 radical (unpaired) electrons. The molecule has 0 saturated carbocycles. The van der Waals surface area contributed by atoms with Crippen LogP contribution in [0.3, 0.4) is 0 Å². The number of hydrogen-bond acceptors (Lipinski definition) is 2. The van der Waals surface area contributed by atoms with Crippen molar-refractivity contribution >= 4 is 23.4 Å². The third-order valence-corrected chi connectivity index (χ3v) is 3.65. The third-order valence-electron chi connectivity index (χ3n) is 3.40. The summed E-state index contributed by atoms with van der Waals surface area (Å²) in [4.78, 5) is 26.4. The normalized spacial score (nSPS) is 12.1. The van der Waals surface area contributed by atoms with Gasteiger partial charge in [-0.3, -0.25) is 9.59 Å². The van der Waals surface area contributed by atoms with Gasteiger partial charge in [0.1, 0.15) is 6.04 Å². The highest BCUT2D eigenvalue weighted by molar-refractivity contribution is 6.30. The van der Waals surface area contributed by atoms with Gasteiger partial charge in [-0.05, 0) is 44.0 Å². The number of carbonyl (C=O) groups is 2. The maximum absolute atomic E-state index is 12.5. The van der Waals surface area contributed by atoms with E-state index in [-0.39, 0.29) is 17.7 Å². The van der Waals surface area contributed by atoms with Crippen LogP contribution >= 0.6 is 11.6 Å². The van der Waals surface area contributed by atoms with E-state index in [2.05, 4.69) is 5.32 Å². The third kappa shape index (κ3) is 4.74. The molecule has 1 atom stereocenters. The topological polar surface area (TPSA) is 49.4 Å². The van der Waals surface area contributed by atoms with Crippen LogP contribution in [-0.4, -0.2) is 35.8 Å². The van der Waals surface area contributed by atoms with Crippen LogP contribution in [-0.2, 0) is 4.79 Å². The van der Waals surface area contributed by atoms with E-state index >= 15 is 0 Å². The highest BCUT2D eigenvalue weighted by Crippen LogP contribution is 2.11. The standard InChI is InChI=1S/C16H23ClN2O2/c1-5-19(6-2)16(21)14(11(3)4)18-15(20)12-7-9-13(17)10-8-12/h7-11,14H,5-6H2,1-4H3,(H,18,20). The van der Waals surface area contributed by atoms with Crippen LogP contribution in [0.2, 0.25) is 5.02 Å². The monoisotopic (exact) mass is 310 g/mol. The van der Waals surface area contributed by atoms with Gasteiger partial charge in [0.25, 0.3) is 5.91 Å². The lowest BCUT2D eigenvalue weighted by atomic mass is 10.0. The van der Waals surface area contributed by atoms with E-state index in [1.165, 1.54) is 0 Å². The smallest absolute Gasteiger partial charge is 0.251 e. The second-order valence-corrected chi connectivity index (χ2v) is 5.65. The molecule has 0 heterocycles. The Kier molecular flexibility index (Phi) is 6.69. The second kappa shape index (κ2) is 8.03. The van der Waals surface area contributed by atoms with Crippen molar-refractivity contribution in [1.29, 1.82) is 0 Å². The van der Waals surface area contributed by atoms with Gasteiger partial charge in [-0.25, -0.2) is 0 Å². The fraction of sp³-hybridized carbons (Fsp3) is 0.500. The van der Waals surface area contributed by atoms with Crippen LogP contribution in [0.5, 0.6) is 0 Å². The predicted octanol–water partition coefficient (Wildman–Crippen LogP) is 2.96. The molecular formula is C16H23ClN2O2. The van der Waals surface area contributed by atoms with Gasteiger partial charge in [0.15, 0.2) is 0 Å². The molecule has 0 aromatic heterocycles. The van der Waals surface area contributed by atoms with Gasteiger partial charge in [-0.1, -0.05) is 25.4 Å². The molecule has 0 aliphatic rings. The molecule has 1 aromatic carbocycles. The van der Waals surface area contributed by atoms with Crippen molar-refractivity contribution in [2.24, 2.45) is 5.92 Å². The first-order chi connectivity index (χ1) is 9.90. The minimum absolute atomic E-state index is 0.0225. The average Bonchev–Trinajstić information content (AvgIpc) is 2.46. The van der Waals surface area contributed by atoms with E-state index in [9.17, 15) is 9.59 Å². The highest BCUT2D eigenvalue weighted by Gasteiger charge is 2.27. The molecule has 1 N–H and O–H groups in total. The number of carbonyl (C=O) groups excluding carboxylic acids is 2.